The summed E-state index contributed by atoms with van der Waals surface area (Å²) in [5.74, 6) is 1.76. The van der Waals surface area contributed by atoms with Crippen molar-refractivity contribution in [3.8, 4) is 0 Å². The number of hydrogen-bond acceptors (Lipinski definition) is 3. The van der Waals surface area contributed by atoms with Gasteiger partial charge in [0.2, 0.25) is 0 Å². The number of piperidine rings is 1. The topological polar surface area (TPSA) is 9.72 Å². The molecule has 158 valence electrons. The maximum absolute atomic E-state index is 13.8. The van der Waals surface area contributed by atoms with Crippen LogP contribution in [-0.4, -0.2) is 78.3 Å². The predicted molar refractivity (Wildman–Crippen MR) is 104 cm³/mol. The molecule has 0 amide bonds. The lowest BCUT2D eigenvalue weighted by Crippen LogP contribution is -2.63. The van der Waals surface area contributed by atoms with E-state index in [2.05, 4.69) is 37.5 Å². The molecule has 2 saturated heterocycles. The van der Waals surface area contributed by atoms with Gasteiger partial charge < -0.3 is 4.90 Å². The average Bonchev–Trinajstić information content (AvgIpc) is 2.54. The summed E-state index contributed by atoms with van der Waals surface area (Å²) in [6, 6.07) is -0.374. The van der Waals surface area contributed by atoms with E-state index in [1.54, 1.807) is 4.90 Å². The maximum atomic E-state index is 13.8. The molecule has 0 bridgehead atoms. The molecule has 0 aromatic rings. The van der Waals surface area contributed by atoms with Crippen LogP contribution in [0.1, 0.15) is 53.4 Å². The Bertz CT molecular complexity index is 466. The van der Waals surface area contributed by atoms with Gasteiger partial charge in [-0.15, -0.1) is 0 Å². The van der Waals surface area contributed by atoms with Gasteiger partial charge in [-0.05, 0) is 70.4 Å². The fourth-order valence-corrected chi connectivity index (χ4v) is 5.16. The number of likely N-dealkylation sites (tertiary alicyclic amines) is 1. The first-order valence-corrected chi connectivity index (χ1v) is 10.9. The van der Waals surface area contributed by atoms with Gasteiger partial charge in [0.1, 0.15) is 6.04 Å². The van der Waals surface area contributed by atoms with Gasteiger partial charge in [-0.2, -0.15) is 13.2 Å². The third-order valence-electron chi connectivity index (χ3n) is 7.38. The molecule has 2 heterocycles. The first kappa shape index (κ1) is 21.4. The van der Waals surface area contributed by atoms with E-state index in [4.69, 9.17) is 0 Å². The van der Waals surface area contributed by atoms with Crippen LogP contribution < -0.4 is 0 Å². The van der Waals surface area contributed by atoms with Crippen LogP contribution in [0.4, 0.5) is 13.2 Å². The molecule has 1 unspecified atom stereocenters. The summed E-state index contributed by atoms with van der Waals surface area (Å²) < 4.78 is 41.4. The van der Waals surface area contributed by atoms with Crippen molar-refractivity contribution < 1.29 is 13.2 Å². The summed E-state index contributed by atoms with van der Waals surface area (Å²) in [5.41, 5.74) is 0. The molecule has 1 aliphatic carbocycles. The molecule has 3 fully saturated rings. The summed E-state index contributed by atoms with van der Waals surface area (Å²) in [4.78, 5) is 6.33. The van der Waals surface area contributed by atoms with E-state index in [0.29, 0.717) is 42.9 Å². The minimum Gasteiger partial charge on any atom is -0.301 e. The molecule has 2 aliphatic heterocycles. The van der Waals surface area contributed by atoms with Crippen LogP contribution in [0.5, 0.6) is 0 Å². The second-order valence-corrected chi connectivity index (χ2v) is 9.75. The fraction of sp³-hybridized carbons (Fsp3) is 1.00. The number of nitrogens with zero attached hydrogens (tertiary/aromatic N) is 3. The third-order valence-corrected chi connectivity index (χ3v) is 7.38. The van der Waals surface area contributed by atoms with E-state index in [9.17, 15) is 13.2 Å². The van der Waals surface area contributed by atoms with Crippen LogP contribution in [0.15, 0.2) is 0 Å². The Morgan fingerprint density at radius 2 is 1.56 bits per heavy atom. The Kier molecular flexibility index (Phi) is 6.79. The summed E-state index contributed by atoms with van der Waals surface area (Å²) in [6.45, 7) is 13.0. The highest BCUT2D eigenvalue weighted by Gasteiger charge is 2.49. The van der Waals surface area contributed by atoms with E-state index < -0.39 is 12.2 Å². The minimum absolute atomic E-state index is 0.170. The lowest BCUT2D eigenvalue weighted by atomic mass is 9.72. The van der Waals surface area contributed by atoms with Crippen molar-refractivity contribution in [3.63, 3.8) is 0 Å². The molecule has 3 rings (SSSR count). The molecule has 0 aromatic carbocycles. The zero-order valence-electron chi connectivity index (χ0n) is 17.5. The van der Waals surface area contributed by atoms with Gasteiger partial charge in [0.05, 0.1) is 0 Å². The van der Waals surface area contributed by atoms with Crippen LogP contribution in [0, 0.1) is 17.8 Å². The number of piperazine rings is 1. The minimum atomic E-state index is -4.13. The first-order chi connectivity index (χ1) is 12.6. The van der Waals surface area contributed by atoms with Gasteiger partial charge in [0.15, 0.2) is 0 Å². The molecule has 3 aliphatic rings. The number of hydrogen-bond donors (Lipinski definition) is 0. The molecule has 27 heavy (non-hydrogen) atoms. The second-order valence-electron chi connectivity index (χ2n) is 9.75. The van der Waals surface area contributed by atoms with Crippen molar-refractivity contribution in [1.82, 2.24) is 14.7 Å². The summed E-state index contributed by atoms with van der Waals surface area (Å²) in [6.07, 6.45) is 0.0909. The molecule has 1 atom stereocenters. The lowest BCUT2D eigenvalue weighted by molar-refractivity contribution is -0.204. The maximum Gasteiger partial charge on any atom is 0.405 e. The summed E-state index contributed by atoms with van der Waals surface area (Å²) in [7, 11) is 0. The smallest absolute Gasteiger partial charge is 0.301 e. The Hall–Kier alpha value is -0.330. The molecule has 0 aromatic heterocycles. The number of alkyl halides is 3. The van der Waals surface area contributed by atoms with Crippen molar-refractivity contribution in [2.45, 2.75) is 77.7 Å². The Labute approximate surface area is 163 Å². The Morgan fingerprint density at radius 3 is 2.07 bits per heavy atom. The molecular weight excluding hydrogens is 351 g/mol. The van der Waals surface area contributed by atoms with Crippen LogP contribution >= 0.6 is 0 Å². The van der Waals surface area contributed by atoms with Crippen molar-refractivity contribution in [2.24, 2.45) is 17.8 Å². The van der Waals surface area contributed by atoms with Gasteiger partial charge in [0.25, 0.3) is 0 Å². The number of rotatable bonds is 5. The predicted octanol–water partition coefficient (Wildman–Crippen LogP) is 4.09. The van der Waals surface area contributed by atoms with E-state index in [1.807, 2.05) is 0 Å². The molecule has 1 saturated carbocycles. The second kappa shape index (κ2) is 8.58. The van der Waals surface area contributed by atoms with E-state index >= 15 is 0 Å². The Morgan fingerprint density at radius 1 is 0.926 bits per heavy atom. The van der Waals surface area contributed by atoms with Crippen LogP contribution in [-0.2, 0) is 0 Å². The lowest BCUT2D eigenvalue weighted by Gasteiger charge is -2.51. The van der Waals surface area contributed by atoms with Gasteiger partial charge >= 0.3 is 6.18 Å². The number of halogens is 3. The zero-order valence-corrected chi connectivity index (χ0v) is 17.5. The quantitative estimate of drug-likeness (QED) is 0.701. The van der Waals surface area contributed by atoms with Gasteiger partial charge in [0, 0.05) is 38.3 Å². The van der Waals surface area contributed by atoms with Crippen LogP contribution in [0.3, 0.4) is 0 Å². The highest BCUT2D eigenvalue weighted by Crippen LogP contribution is 2.39. The van der Waals surface area contributed by atoms with Crippen molar-refractivity contribution in [1.29, 1.82) is 0 Å². The van der Waals surface area contributed by atoms with Crippen LogP contribution in [0.2, 0.25) is 0 Å². The molecule has 0 N–H and O–H groups in total. The van der Waals surface area contributed by atoms with E-state index in [0.717, 1.165) is 45.3 Å². The SMILES string of the molecule is CC(C)C1CC(N2CCN(CC3CCN(C(C)C)CC3)C(C(F)(F)F)C2)C1. The Balaban J connectivity index is 1.54. The molecule has 6 heteroatoms. The fourth-order valence-electron chi connectivity index (χ4n) is 5.16. The first-order valence-electron chi connectivity index (χ1n) is 10.9. The highest BCUT2D eigenvalue weighted by atomic mass is 19.4. The van der Waals surface area contributed by atoms with E-state index in [-0.39, 0.29) is 6.54 Å². The normalized spacial score (nSPS) is 33.0. The molecular formula is C21H38F3N3. The summed E-state index contributed by atoms with van der Waals surface area (Å²) in [5, 5.41) is 0. The average molecular weight is 390 g/mol. The van der Waals surface area contributed by atoms with Crippen LogP contribution in [0.25, 0.3) is 0 Å². The van der Waals surface area contributed by atoms with Gasteiger partial charge in [-0.25, -0.2) is 0 Å². The highest BCUT2D eigenvalue weighted by molar-refractivity contribution is 4.95. The van der Waals surface area contributed by atoms with Gasteiger partial charge in [-0.3, -0.25) is 9.80 Å². The van der Waals surface area contributed by atoms with Crippen molar-refractivity contribution >= 4 is 0 Å². The zero-order chi connectivity index (χ0) is 19.8. The van der Waals surface area contributed by atoms with E-state index in [1.165, 1.54) is 0 Å². The molecule has 0 spiro atoms. The third kappa shape index (κ3) is 5.18. The summed E-state index contributed by atoms with van der Waals surface area (Å²) >= 11 is 0. The molecule has 3 nitrogen and oxygen atoms in total. The standard InChI is InChI=1S/C21H38F3N3/c1-15(2)18-11-19(12-18)26-9-10-27(20(14-26)21(22,23)24)13-17-5-7-25(8-6-17)16(3)4/h15-20H,5-14H2,1-4H3. The monoisotopic (exact) mass is 389 g/mol. The molecule has 0 radical (unpaired) electrons. The van der Waals surface area contributed by atoms with Crippen molar-refractivity contribution in [3.05, 3.63) is 0 Å². The van der Waals surface area contributed by atoms with Crippen molar-refractivity contribution in [2.75, 3.05) is 39.3 Å². The van der Waals surface area contributed by atoms with Gasteiger partial charge in [-0.1, -0.05) is 13.8 Å². The largest absolute Gasteiger partial charge is 0.405 e.